The molecule has 6 heteroatoms. The van der Waals surface area contributed by atoms with Crippen molar-refractivity contribution in [1.29, 1.82) is 0 Å². The number of alkyl halides is 3. The number of carbonyl (C=O) groups excluding carboxylic acids is 1. The molecule has 1 fully saturated rings. The van der Waals surface area contributed by atoms with E-state index >= 15 is 0 Å². The molecule has 0 aliphatic carbocycles. The number of amides is 1. The molecule has 0 aromatic carbocycles. The molecule has 0 aromatic rings. The van der Waals surface area contributed by atoms with E-state index in [4.69, 9.17) is 0 Å². The Morgan fingerprint density at radius 2 is 2.25 bits per heavy atom. The van der Waals surface area contributed by atoms with E-state index in [2.05, 4.69) is 17.2 Å². The molecule has 0 aromatic heterocycles. The Labute approximate surface area is 92.1 Å². The van der Waals surface area contributed by atoms with Crippen molar-refractivity contribution in [2.45, 2.75) is 25.6 Å². The first-order valence-electron chi connectivity index (χ1n) is 5.04. The highest BCUT2D eigenvalue weighted by Crippen LogP contribution is 2.43. The molecule has 16 heavy (non-hydrogen) atoms. The summed E-state index contributed by atoms with van der Waals surface area (Å²) >= 11 is 0. The predicted octanol–water partition coefficient (Wildman–Crippen LogP) is 1.22. The van der Waals surface area contributed by atoms with Crippen LogP contribution < -0.4 is 10.6 Å². The van der Waals surface area contributed by atoms with Crippen LogP contribution in [0, 0.1) is 5.41 Å². The summed E-state index contributed by atoms with van der Waals surface area (Å²) in [5.74, 6) is -0.975. The molecule has 1 heterocycles. The summed E-state index contributed by atoms with van der Waals surface area (Å²) in [6, 6.07) is -0.465. The molecule has 92 valence electrons. The van der Waals surface area contributed by atoms with Gasteiger partial charge in [0.1, 0.15) is 0 Å². The molecule has 0 saturated carbocycles. The zero-order valence-corrected chi connectivity index (χ0v) is 9.03. The van der Waals surface area contributed by atoms with Gasteiger partial charge in [0.2, 0.25) is 5.91 Å². The van der Waals surface area contributed by atoms with Gasteiger partial charge in [0, 0.05) is 12.6 Å². The van der Waals surface area contributed by atoms with Crippen molar-refractivity contribution in [3.63, 3.8) is 0 Å². The van der Waals surface area contributed by atoms with E-state index in [0.717, 1.165) is 0 Å². The first-order valence-corrected chi connectivity index (χ1v) is 5.04. The van der Waals surface area contributed by atoms with Gasteiger partial charge in [0.25, 0.3) is 0 Å². The van der Waals surface area contributed by atoms with Crippen molar-refractivity contribution in [3.8, 4) is 0 Å². The van der Waals surface area contributed by atoms with E-state index < -0.39 is 23.5 Å². The smallest absolute Gasteiger partial charge is 0.349 e. The van der Waals surface area contributed by atoms with Crippen molar-refractivity contribution in [2.24, 2.45) is 5.41 Å². The predicted molar refractivity (Wildman–Crippen MR) is 53.8 cm³/mol. The number of carbonyl (C=O) groups is 1. The first-order chi connectivity index (χ1) is 7.33. The lowest BCUT2D eigenvalue weighted by atomic mass is 9.85. The molecule has 0 radical (unpaired) electrons. The third kappa shape index (κ3) is 2.21. The molecule has 0 spiro atoms. The molecular weight excluding hydrogens is 221 g/mol. The maximum atomic E-state index is 12.9. The van der Waals surface area contributed by atoms with Crippen molar-refractivity contribution in [3.05, 3.63) is 12.7 Å². The van der Waals surface area contributed by atoms with Crippen molar-refractivity contribution >= 4 is 5.91 Å². The Hall–Kier alpha value is -1.04. The SMILES string of the molecule is C=CC(C)NC(=O)C1(C(F)(F)F)CCNC1. The highest BCUT2D eigenvalue weighted by molar-refractivity contribution is 5.84. The number of halogens is 3. The molecule has 0 bridgehead atoms. The van der Waals surface area contributed by atoms with Crippen LogP contribution in [-0.2, 0) is 4.79 Å². The van der Waals surface area contributed by atoms with Gasteiger partial charge in [-0.25, -0.2) is 0 Å². The topological polar surface area (TPSA) is 41.1 Å². The van der Waals surface area contributed by atoms with Gasteiger partial charge < -0.3 is 10.6 Å². The molecule has 1 aliphatic rings. The van der Waals surface area contributed by atoms with Gasteiger partial charge >= 0.3 is 6.18 Å². The second-order valence-electron chi connectivity index (χ2n) is 4.00. The summed E-state index contributed by atoms with van der Waals surface area (Å²) in [5.41, 5.74) is -2.29. The summed E-state index contributed by atoms with van der Waals surface area (Å²) in [5, 5.41) is 4.89. The lowest BCUT2D eigenvalue weighted by Crippen LogP contribution is -2.53. The fourth-order valence-corrected chi connectivity index (χ4v) is 1.66. The normalized spacial score (nSPS) is 27.5. The van der Waals surface area contributed by atoms with E-state index in [9.17, 15) is 18.0 Å². The lowest BCUT2D eigenvalue weighted by molar-refractivity contribution is -0.216. The summed E-state index contributed by atoms with van der Waals surface area (Å²) in [4.78, 5) is 11.7. The standard InChI is InChI=1S/C10H15F3N2O/c1-3-7(2)15-8(16)9(10(11,12)13)4-5-14-6-9/h3,7,14H,1,4-6H2,2H3,(H,15,16). The number of nitrogens with one attached hydrogen (secondary N) is 2. The van der Waals surface area contributed by atoms with E-state index in [0.29, 0.717) is 0 Å². The fraction of sp³-hybridized carbons (Fsp3) is 0.700. The molecule has 1 aliphatic heterocycles. The van der Waals surface area contributed by atoms with Gasteiger partial charge in [-0.15, -0.1) is 6.58 Å². The molecule has 1 rings (SSSR count). The average molecular weight is 236 g/mol. The third-order valence-electron chi connectivity index (χ3n) is 2.84. The monoisotopic (exact) mass is 236 g/mol. The minimum atomic E-state index is -4.53. The van der Waals surface area contributed by atoms with Gasteiger partial charge in [0.05, 0.1) is 0 Å². The fourth-order valence-electron chi connectivity index (χ4n) is 1.66. The van der Waals surface area contributed by atoms with E-state index in [1.165, 1.54) is 6.08 Å². The number of hydrogen-bond acceptors (Lipinski definition) is 2. The Bertz CT molecular complexity index is 282. The Morgan fingerprint density at radius 3 is 2.62 bits per heavy atom. The van der Waals surface area contributed by atoms with E-state index in [-0.39, 0.29) is 19.5 Å². The van der Waals surface area contributed by atoms with E-state index in [1.807, 2.05) is 0 Å². The number of hydrogen-bond donors (Lipinski definition) is 2. The Balaban J connectivity index is 2.86. The molecule has 1 saturated heterocycles. The average Bonchev–Trinajstić information content (AvgIpc) is 2.66. The summed E-state index contributed by atoms with van der Waals surface area (Å²) in [6.45, 7) is 4.84. The van der Waals surface area contributed by atoms with Crippen LogP contribution in [0.2, 0.25) is 0 Å². The zero-order valence-electron chi connectivity index (χ0n) is 9.03. The van der Waals surface area contributed by atoms with Crippen LogP contribution in [0.4, 0.5) is 13.2 Å². The summed E-state index contributed by atoms with van der Waals surface area (Å²) < 4.78 is 38.7. The summed E-state index contributed by atoms with van der Waals surface area (Å²) in [7, 11) is 0. The van der Waals surface area contributed by atoms with Crippen LogP contribution in [0.15, 0.2) is 12.7 Å². The quantitative estimate of drug-likeness (QED) is 0.723. The Kier molecular flexibility index (Phi) is 3.62. The van der Waals surface area contributed by atoms with Crippen LogP contribution >= 0.6 is 0 Å². The van der Waals surface area contributed by atoms with Gasteiger partial charge in [-0.05, 0) is 19.9 Å². The molecule has 2 unspecified atom stereocenters. The maximum absolute atomic E-state index is 12.9. The van der Waals surface area contributed by atoms with E-state index in [1.54, 1.807) is 6.92 Å². The maximum Gasteiger partial charge on any atom is 0.404 e. The molecule has 3 nitrogen and oxygen atoms in total. The van der Waals surface area contributed by atoms with Gasteiger partial charge in [0.15, 0.2) is 5.41 Å². The van der Waals surface area contributed by atoms with Crippen LogP contribution in [0.25, 0.3) is 0 Å². The van der Waals surface area contributed by atoms with Crippen molar-refractivity contribution in [1.82, 2.24) is 10.6 Å². The molecular formula is C10H15F3N2O. The van der Waals surface area contributed by atoms with Crippen molar-refractivity contribution in [2.75, 3.05) is 13.1 Å². The second-order valence-corrected chi connectivity index (χ2v) is 4.00. The molecule has 1 amide bonds. The van der Waals surface area contributed by atoms with Crippen LogP contribution in [-0.4, -0.2) is 31.2 Å². The largest absolute Gasteiger partial charge is 0.404 e. The molecule has 2 atom stereocenters. The number of rotatable bonds is 3. The van der Waals surface area contributed by atoms with Crippen molar-refractivity contribution < 1.29 is 18.0 Å². The van der Waals surface area contributed by atoms with Gasteiger partial charge in [-0.1, -0.05) is 6.08 Å². The minimum absolute atomic E-state index is 0.204. The zero-order chi connectivity index (χ0) is 12.4. The summed E-state index contributed by atoms with van der Waals surface area (Å²) in [6.07, 6.45) is -3.35. The lowest BCUT2D eigenvalue weighted by Gasteiger charge is -2.30. The highest BCUT2D eigenvalue weighted by atomic mass is 19.4. The van der Waals surface area contributed by atoms with Gasteiger partial charge in [-0.3, -0.25) is 4.79 Å². The molecule has 2 N–H and O–H groups in total. The van der Waals surface area contributed by atoms with Crippen LogP contribution in [0.1, 0.15) is 13.3 Å². The third-order valence-corrected chi connectivity index (χ3v) is 2.84. The van der Waals surface area contributed by atoms with Crippen LogP contribution in [0.5, 0.6) is 0 Å². The minimum Gasteiger partial charge on any atom is -0.349 e. The first kappa shape index (κ1) is 13.0. The highest BCUT2D eigenvalue weighted by Gasteiger charge is 2.61. The van der Waals surface area contributed by atoms with Crippen LogP contribution in [0.3, 0.4) is 0 Å². The Morgan fingerprint density at radius 1 is 1.62 bits per heavy atom. The van der Waals surface area contributed by atoms with Gasteiger partial charge in [-0.2, -0.15) is 13.2 Å². The second kappa shape index (κ2) is 4.45.